The fourth-order valence-corrected chi connectivity index (χ4v) is 1.74. The normalized spacial score (nSPS) is 12.3. The lowest BCUT2D eigenvalue weighted by Gasteiger charge is -2.12. The first kappa shape index (κ1) is 15.2. The Morgan fingerprint density at radius 2 is 2.21 bits per heavy atom. The van der Waals surface area contributed by atoms with Crippen molar-refractivity contribution in [3.8, 4) is 0 Å². The van der Waals surface area contributed by atoms with E-state index in [1.54, 1.807) is 24.3 Å². The highest BCUT2D eigenvalue weighted by molar-refractivity contribution is 6.30. The van der Waals surface area contributed by atoms with Gasteiger partial charge in [-0.05, 0) is 30.2 Å². The molecule has 19 heavy (non-hydrogen) atoms. The van der Waals surface area contributed by atoms with Crippen molar-refractivity contribution >= 4 is 29.6 Å². The van der Waals surface area contributed by atoms with Gasteiger partial charge in [0, 0.05) is 17.1 Å². The van der Waals surface area contributed by atoms with Crippen molar-refractivity contribution in [3.05, 3.63) is 40.9 Å². The lowest BCUT2D eigenvalue weighted by Crippen LogP contribution is -2.34. The average Bonchev–Trinajstić information content (AvgIpc) is 2.35. The first-order chi connectivity index (χ1) is 9.01. The van der Waals surface area contributed by atoms with Crippen LogP contribution in [0.15, 0.2) is 30.3 Å². The van der Waals surface area contributed by atoms with Gasteiger partial charge in [-0.15, -0.1) is 0 Å². The molecule has 1 amide bonds. The first-order valence-corrected chi connectivity index (χ1v) is 6.35. The van der Waals surface area contributed by atoms with Gasteiger partial charge in [0.1, 0.15) is 0 Å². The maximum absolute atomic E-state index is 11.6. The molecule has 2 N–H and O–H groups in total. The summed E-state index contributed by atoms with van der Waals surface area (Å²) >= 11 is 5.82. The molecule has 0 saturated heterocycles. The van der Waals surface area contributed by atoms with Crippen molar-refractivity contribution in [2.75, 3.05) is 0 Å². The number of rotatable bonds is 6. The molecule has 5 heteroatoms. The highest BCUT2D eigenvalue weighted by Gasteiger charge is 2.12. The Bertz CT molecular complexity index is 485. The number of hydrogen-bond acceptors (Lipinski definition) is 2. The second kappa shape index (κ2) is 7.59. The molecule has 1 aromatic carbocycles. The van der Waals surface area contributed by atoms with E-state index < -0.39 is 5.97 Å². The smallest absolute Gasteiger partial charge is 0.305 e. The van der Waals surface area contributed by atoms with Crippen LogP contribution in [0.25, 0.3) is 6.08 Å². The summed E-state index contributed by atoms with van der Waals surface area (Å²) in [6.07, 6.45) is 3.50. The second-order valence-corrected chi connectivity index (χ2v) is 4.54. The lowest BCUT2D eigenvalue weighted by molar-refractivity contribution is -0.137. The van der Waals surface area contributed by atoms with E-state index in [9.17, 15) is 9.59 Å². The summed E-state index contributed by atoms with van der Waals surface area (Å²) in [4.78, 5) is 22.2. The maximum Gasteiger partial charge on any atom is 0.305 e. The summed E-state index contributed by atoms with van der Waals surface area (Å²) < 4.78 is 0. The number of carboxylic acid groups (broad SMARTS) is 1. The number of amides is 1. The standard InChI is InChI=1S/C14H16ClNO3/c1-2-12(9-14(18)19)16-13(17)7-6-10-4-3-5-11(15)8-10/h3-8,12H,2,9H2,1H3,(H,16,17)(H,18,19)/b7-6+. The van der Waals surface area contributed by atoms with Gasteiger partial charge in [0.2, 0.25) is 5.91 Å². The molecule has 1 rings (SSSR count). The zero-order valence-corrected chi connectivity index (χ0v) is 11.4. The zero-order valence-electron chi connectivity index (χ0n) is 10.6. The average molecular weight is 282 g/mol. The minimum atomic E-state index is -0.925. The summed E-state index contributed by atoms with van der Waals surface area (Å²) in [7, 11) is 0. The number of carbonyl (C=O) groups excluding carboxylic acids is 1. The highest BCUT2D eigenvalue weighted by atomic mass is 35.5. The third-order valence-electron chi connectivity index (χ3n) is 2.54. The number of halogens is 1. The fraction of sp³-hybridized carbons (Fsp3) is 0.286. The molecule has 0 aromatic heterocycles. The van der Waals surface area contributed by atoms with Crippen molar-refractivity contribution in [2.24, 2.45) is 0 Å². The summed E-state index contributed by atoms with van der Waals surface area (Å²) in [6, 6.07) is 6.75. The van der Waals surface area contributed by atoms with Crippen molar-refractivity contribution < 1.29 is 14.7 Å². The molecule has 1 aromatic rings. The molecule has 0 radical (unpaired) electrons. The predicted molar refractivity (Wildman–Crippen MR) is 75.0 cm³/mol. The van der Waals surface area contributed by atoms with Crippen molar-refractivity contribution in [1.29, 1.82) is 0 Å². The van der Waals surface area contributed by atoms with Gasteiger partial charge in [0.05, 0.1) is 6.42 Å². The molecule has 1 atom stereocenters. The summed E-state index contributed by atoms with van der Waals surface area (Å²) in [5, 5.41) is 11.9. The Balaban J connectivity index is 2.56. The number of carbonyl (C=O) groups is 2. The molecule has 0 heterocycles. The van der Waals surface area contributed by atoms with Crippen LogP contribution in [-0.2, 0) is 9.59 Å². The Hall–Kier alpha value is -1.81. The molecule has 0 aliphatic carbocycles. The van der Waals surface area contributed by atoms with E-state index >= 15 is 0 Å². The van der Waals surface area contributed by atoms with Crippen LogP contribution in [0.1, 0.15) is 25.3 Å². The van der Waals surface area contributed by atoms with Gasteiger partial charge in [0.25, 0.3) is 0 Å². The maximum atomic E-state index is 11.6. The van der Waals surface area contributed by atoms with Gasteiger partial charge in [-0.1, -0.05) is 30.7 Å². The Kier molecular flexibility index (Phi) is 6.09. The third kappa shape index (κ3) is 6.06. The number of nitrogens with one attached hydrogen (secondary N) is 1. The van der Waals surface area contributed by atoms with Crippen molar-refractivity contribution in [2.45, 2.75) is 25.8 Å². The van der Waals surface area contributed by atoms with Crippen molar-refractivity contribution in [3.63, 3.8) is 0 Å². The van der Waals surface area contributed by atoms with E-state index in [0.717, 1.165) is 5.56 Å². The summed E-state index contributed by atoms with van der Waals surface area (Å²) in [5.74, 6) is -1.24. The SMILES string of the molecule is CCC(CC(=O)O)NC(=O)/C=C/c1cccc(Cl)c1. The Morgan fingerprint density at radius 3 is 2.79 bits per heavy atom. The molecule has 4 nitrogen and oxygen atoms in total. The number of carboxylic acids is 1. The van der Waals surface area contributed by atoms with E-state index in [2.05, 4.69) is 5.32 Å². The zero-order chi connectivity index (χ0) is 14.3. The molecule has 0 aliphatic rings. The molecule has 0 aliphatic heterocycles. The van der Waals surface area contributed by atoms with E-state index in [-0.39, 0.29) is 18.4 Å². The van der Waals surface area contributed by atoms with Gasteiger partial charge >= 0.3 is 5.97 Å². The van der Waals surface area contributed by atoms with Gasteiger partial charge in [-0.25, -0.2) is 0 Å². The highest BCUT2D eigenvalue weighted by Crippen LogP contribution is 2.11. The second-order valence-electron chi connectivity index (χ2n) is 4.10. The topological polar surface area (TPSA) is 66.4 Å². The van der Waals surface area contributed by atoms with Crippen molar-refractivity contribution in [1.82, 2.24) is 5.32 Å². The van der Waals surface area contributed by atoms with E-state index in [0.29, 0.717) is 11.4 Å². The largest absolute Gasteiger partial charge is 0.481 e. The Morgan fingerprint density at radius 1 is 1.47 bits per heavy atom. The van der Waals surface area contributed by atoms with Crippen LogP contribution < -0.4 is 5.32 Å². The molecular formula is C14H16ClNO3. The first-order valence-electron chi connectivity index (χ1n) is 5.97. The molecule has 1 unspecified atom stereocenters. The molecule has 0 fully saturated rings. The monoisotopic (exact) mass is 281 g/mol. The molecule has 0 bridgehead atoms. The van der Waals surface area contributed by atoms with Gasteiger partial charge in [-0.2, -0.15) is 0 Å². The van der Waals surface area contributed by atoms with Crippen LogP contribution in [0.5, 0.6) is 0 Å². The van der Waals surface area contributed by atoms with Crippen LogP contribution in [0.3, 0.4) is 0 Å². The molecular weight excluding hydrogens is 266 g/mol. The fourth-order valence-electron chi connectivity index (χ4n) is 1.54. The quantitative estimate of drug-likeness (QED) is 0.788. The van der Waals surface area contributed by atoms with Crippen LogP contribution in [0.4, 0.5) is 0 Å². The van der Waals surface area contributed by atoms with Gasteiger partial charge in [0.15, 0.2) is 0 Å². The minimum Gasteiger partial charge on any atom is -0.481 e. The van der Waals surface area contributed by atoms with E-state index in [1.807, 2.05) is 13.0 Å². The van der Waals surface area contributed by atoms with Crippen LogP contribution in [0, 0.1) is 0 Å². The molecule has 0 saturated carbocycles. The summed E-state index contributed by atoms with van der Waals surface area (Å²) in [6.45, 7) is 1.83. The third-order valence-corrected chi connectivity index (χ3v) is 2.77. The number of benzene rings is 1. The van der Waals surface area contributed by atoms with E-state index in [1.165, 1.54) is 6.08 Å². The van der Waals surface area contributed by atoms with Crippen LogP contribution in [-0.4, -0.2) is 23.0 Å². The van der Waals surface area contributed by atoms with Gasteiger partial charge < -0.3 is 10.4 Å². The number of aliphatic carboxylic acids is 1. The predicted octanol–water partition coefficient (Wildman–Crippen LogP) is 2.72. The molecule has 0 spiro atoms. The van der Waals surface area contributed by atoms with Crippen LogP contribution in [0.2, 0.25) is 5.02 Å². The van der Waals surface area contributed by atoms with E-state index in [4.69, 9.17) is 16.7 Å². The van der Waals surface area contributed by atoms with Crippen LogP contribution >= 0.6 is 11.6 Å². The lowest BCUT2D eigenvalue weighted by atomic mass is 10.1. The summed E-state index contributed by atoms with van der Waals surface area (Å²) in [5.41, 5.74) is 0.814. The van der Waals surface area contributed by atoms with Gasteiger partial charge in [-0.3, -0.25) is 9.59 Å². The minimum absolute atomic E-state index is 0.0761. The molecule has 102 valence electrons. The number of hydrogen-bond donors (Lipinski definition) is 2. The Labute approximate surface area is 117 Å².